The monoisotopic (exact) mass is 277 g/mol. The lowest BCUT2D eigenvalue weighted by molar-refractivity contribution is -0.142. The Bertz CT molecular complexity index is 500. The van der Waals surface area contributed by atoms with Gasteiger partial charge in [0.25, 0.3) is 5.91 Å². The zero-order valence-corrected chi connectivity index (χ0v) is 11.8. The molecule has 1 heterocycles. The third-order valence-electron chi connectivity index (χ3n) is 3.18. The second kappa shape index (κ2) is 6.41. The molecule has 0 fully saturated rings. The van der Waals surface area contributed by atoms with Crippen molar-refractivity contribution in [1.82, 2.24) is 0 Å². The largest absolute Gasteiger partial charge is 0.478 e. The summed E-state index contributed by atoms with van der Waals surface area (Å²) in [7, 11) is 0. The minimum Gasteiger partial charge on any atom is -0.478 e. The van der Waals surface area contributed by atoms with Gasteiger partial charge in [-0.1, -0.05) is 19.1 Å². The van der Waals surface area contributed by atoms with Crippen molar-refractivity contribution >= 4 is 17.6 Å². The minimum atomic E-state index is -0.480. The van der Waals surface area contributed by atoms with Crippen molar-refractivity contribution in [2.45, 2.75) is 32.8 Å². The molecule has 0 N–H and O–H groups in total. The third-order valence-corrected chi connectivity index (χ3v) is 3.18. The second-order valence-electron chi connectivity index (χ2n) is 4.53. The van der Waals surface area contributed by atoms with Crippen LogP contribution in [0.2, 0.25) is 0 Å². The molecule has 0 aromatic heterocycles. The van der Waals surface area contributed by atoms with Crippen LogP contribution >= 0.6 is 0 Å². The van der Waals surface area contributed by atoms with Crippen molar-refractivity contribution in [1.29, 1.82) is 0 Å². The molecular formula is C15H19NO4. The predicted molar refractivity (Wildman–Crippen MR) is 74.8 cm³/mol. The van der Waals surface area contributed by atoms with Crippen molar-refractivity contribution < 1.29 is 19.1 Å². The molecule has 0 radical (unpaired) electrons. The van der Waals surface area contributed by atoms with Gasteiger partial charge in [0.05, 0.1) is 18.7 Å². The number of rotatable bonds is 5. The summed E-state index contributed by atoms with van der Waals surface area (Å²) < 4.78 is 10.6. The van der Waals surface area contributed by atoms with E-state index in [2.05, 4.69) is 0 Å². The molecule has 0 bridgehead atoms. The van der Waals surface area contributed by atoms with Gasteiger partial charge in [-0.3, -0.25) is 9.59 Å². The van der Waals surface area contributed by atoms with Crippen molar-refractivity contribution in [2.75, 3.05) is 18.1 Å². The molecule has 1 amide bonds. The maximum atomic E-state index is 12.3. The van der Waals surface area contributed by atoms with E-state index in [4.69, 9.17) is 9.47 Å². The highest BCUT2D eigenvalue weighted by atomic mass is 16.5. The summed E-state index contributed by atoms with van der Waals surface area (Å²) in [6.45, 7) is 4.33. The fourth-order valence-corrected chi connectivity index (χ4v) is 2.20. The van der Waals surface area contributed by atoms with Gasteiger partial charge in [0, 0.05) is 6.54 Å². The lowest BCUT2D eigenvalue weighted by atomic mass is 10.1. The topological polar surface area (TPSA) is 55.8 Å². The highest BCUT2D eigenvalue weighted by Crippen LogP contribution is 2.34. The smallest absolute Gasteiger partial charge is 0.307 e. The van der Waals surface area contributed by atoms with Crippen molar-refractivity contribution in [3.63, 3.8) is 0 Å². The Morgan fingerprint density at radius 2 is 2.10 bits per heavy atom. The Hall–Kier alpha value is -2.04. The van der Waals surface area contributed by atoms with E-state index in [9.17, 15) is 9.59 Å². The molecular weight excluding hydrogens is 258 g/mol. The first-order valence-corrected chi connectivity index (χ1v) is 6.90. The molecule has 1 aliphatic heterocycles. The standard InChI is InChI=1S/C15H19NO4/c1-3-12-15(18)16(10-9-14(17)19-4-2)11-7-5-6-8-13(11)20-12/h5-8,12H,3-4,9-10H2,1-2H3/t12-/m1/s1. The molecule has 1 aliphatic rings. The number of ether oxygens (including phenoxy) is 2. The molecule has 2 rings (SSSR count). The van der Waals surface area contributed by atoms with Crippen LogP contribution in [0.1, 0.15) is 26.7 Å². The molecule has 0 unspecified atom stereocenters. The predicted octanol–water partition coefficient (Wildman–Crippen LogP) is 2.14. The van der Waals surface area contributed by atoms with Crippen LogP contribution in [0.4, 0.5) is 5.69 Å². The van der Waals surface area contributed by atoms with Crippen LogP contribution in [-0.2, 0) is 14.3 Å². The van der Waals surface area contributed by atoms with Crippen LogP contribution in [0, 0.1) is 0 Å². The van der Waals surface area contributed by atoms with Gasteiger partial charge in [0.1, 0.15) is 5.75 Å². The Labute approximate surface area is 118 Å². The highest BCUT2D eigenvalue weighted by molar-refractivity contribution is 6.00. The normalized spacial score (nSPS) is 17.4. The van der Waals surface area contributed by atoms with Gasteiger partial charge in [0.15, 0.2) is 6.10 Å². The van der Waals surface area contributed by atoms with E-state index in [-0.39, 0.29) is 18.3 Å². The quantitative estimate of drug-likeness (QED) is 0.774. The van der Waals surface area contributed by atoms with Crippen molar-refractivity contribution in [3.05, 3.63) is 24.3 Å². The zero-order valence-electron chi connectivity index (χ0n) is 11.8. The summed E-state index contributed by atoms with van der Waals surface area (Å²) in [6.07, 6.45) is 0.306. The zero-order chi connectivity index (χ0) is 14.5. The summed E-state index contributed by atoms with van der Waals surface area (Å²) in [5.41, 5.74) is 0.714. The van der Waals surface area contributed by atoms with E-state index in [0.29, 0.717) is 31.0 Å². The van der Waals surface area contributed by atoms with E-state index in [1.165, 1.54) is 0 Å². The van der Waals surface area contributed by atoms with E-state index in [0.717, 1.165) is 0 Å². The summed E-state index contributed by atoms with van der Waals surface area (Å²) in [5.74, 6) is 0.288. The number of para-hydroxylation sites is 2. The van der Waals surface area contributed by atoms with Crippen molar-refractivity contribution in [3.8, 4) is 5.75 Å². The van der Waals surface area contributed by atoms with Crippen LogP contribution in [0.25, 0.3) is 0 Å². The molecule has 1 atom stereocenters. The number of esters is 1. The van der Waals surface area contributed by atoms with Gasteiger partial charge < -0.3 is 14.4 Å². The number of nitrogens with zero attached hydrogens (tertiary/aromatic N) is 1. The fraction of sp³-hybridized carbons (Fsp3) is 0.467. The second-order valence-corrected chi connectivity index (χ2v) is 4.53. The first kappa shape index (κ1) is 14.4. The summed E-state index contributed by atoms with van der Waals surface area (Å²) in [6, 6.07) is 7.37. The van der Waals surface area contributed by atoms with E-state index in [1.54, 1.807) is 11.8 Å². The van der Waals surface area contributed by atoms with Crippen LogP contribution in [-0.4, -0.2) is 31.1 Å². The van der Waals surface area contributed by atoms with Crippen LogP contribution in [0.5, 0.6) is 5.75 Å². The maximum Gasteiger partial charge on any atom is 0.307 e. The molecule has 5 nitrogen and oxygen atoms in total. The van der Waals surface area contributed by atoms with E-state index in [1.807, 2.05) is 31.2 Å². The van der Waals surface area contributed by atoms with Crippen LogP contribution < -0.4 is 9.64 Å². The highest BCUT2D eigenvalue weighted by Gasteiger charge is 2.33. The van der Waals surface area contributed by atoms with Crippen molar-refractivity contribution in [2.24, 2.45) is 0 Å². The Morgan fingerprint density at radius 1 is 1.35 bits per heavy atom. The number of carbonyl (C=O) groups excluding carboxylic acids is 2. The van der Waals surface area contributed by atoms with Gasteiger partial charge in [-0.2, -0.15) is 0 Å². The Morgan fingerprint density at radius 3 is 2.80 bits per heavy atom. The lowest BCUT2D eigenvalue weighted by Gasteiger charge is -2.33. The minimum absolute atomic E-state index is 0.101. The number of hydrogen-bond acceptors (Lipinski definition) is 4. The molecule has 20 heavy (non-hydrogen) atoms. The SMILES string of the molecule is CCOC(=O)CCN1C(=O)[C@@H](CC)Oc2ccccc21. The van der Waals surface area contributed by atoms with Gasteiger partial charge in [0.2, 0.25) is 0 Å². The lowest BCUT2D eigenvalue weighted by Crippen LogP contribution is -2.46. The summed E-state index contributed by atoms with van der Waals surface area (Å²) >= 11 is 0. The molecule has 108 valence electrons. The average molecular weight is 277 g/mol. The number of anilines is 1. The van der Waals surface area contributed by atoms with Gasteiger partial charge in [-0.05, 0) is 25.5 Å². The number of carbonyl (C=O) groups is 2. The molecule has 0 saturated carbocycles. The van der Waals surface area contributed by atoms with Crippen LogP contribution in [0.3, 0.4) is 0 Å². The first-order chi connectivity index (χ1) is 9.67. The van der Waals surface area contributed by atoms with E-state index >= 15 is 0 Å². The molecule has 1 aromatic carbocycles. The molecule has 0 spiro atoms. The average Bonchev–Trinajstić information content (AvgIpc) is 2.46. The molecule has 0 saturated heterocycles. The number of benzene rings is 1. The fourth-order valence-electron chi connectivity index (χ4n) is 2.20. The van der Waals surface area contributed by atoms with Crippen LogP contribution in [0.15, 0.2) is 24.3 Å². The molecule has 0 aliphatic carbocycles. The van der Waals surface area contributed by atoms with Gasteiger partial charge in [-0.25, -0.2) is 0 Å². The third kappa shape index (κ3) is 2.92. The molecule has 1 aromatic rings. The van der Waals surface area contributed by atoms with E-state index < -0.39 is 6.10 Å². The first-order valence-electron chi connectivity index (χ1n) is 6.90. The summed E-state index contributed by atoms with van der Waals surface area (Å²) in [4.78, 5) is 25.4. The van der Waals surface area contributed by atoms with Gasteiger partial charge in [-0.15, -0.1) is 0 Å². The number of hydrogen-bond donors (Lipinski definition) is 0. The summed E-state index contributed by atoms with van der Waals surface area (Å²) in [5, 5.41) is 0. The van der Waals surface area contributed by atoms with Gasteiger partial charge >= 0.3 is 5.97 Å². The number of fused-ring (bicyclic) bond motifs is 1. The molecule has 5 heteroatoms. The maximum absolute atomic E-state index is 12.3. The Kier molecular flexibility index (Phi) is 4.61. The Balaban J connectivity index is 2.16. The number of amides is 1.